The predicted octanol–water partition coefficient (Wildman–Crippen LogP) is 1.60. The van der Waals surface area contributed by atoms with Crippen molar-refractivity contribution in [2.75, 3.05) is 7.11 Å². The number of hydroxylamine groups is 1. The van der Waals surface area contributed by atoms with Gasteiger partial charge in [0.2, 0.25) is 0 Å². The summed E-state index contributed by atoms with van der Waals surface area (Å²) in [5.74, 6) is -0.412. The smallest absolute Gasteiger partial charge is 0.408 e. The Hall–Kier alpha value is -1.30. The molecular weight excluding hydrogens is 236 g/mol. The molecule has 0 bridgehead atoms. The van der Waals surface area contributed by atoms with Crippen LogP contribution < -0.4 is 10.8 Å². The fraction of sp³-hybridized carbons (Fsp3) is 0.833. The van der Waals surface area contributed by atoms with E-state index in [9.17, 15) is 9.59 Å². The fourth-order valence-corrected chi connectivity index (χ4v) is 1.30. The van der Waals surface area contributed by atoms with Crippen molar-refractivity contribution in [3.8, 4) is 0 Å². The van der Waals surface area contributed by atoms with E-state index < -0.39 is 23.6 Å². The number of nitrogens with one attached hydrogen (secondary N) is 2. The molecule has 2 unspecified atom stereocenters. The maximum atomic E-state index is 11.7. The van der Waals surface area contributed by atoms with Gasteiger partial charge in [0.15, 0.2) is 0 Å². The number of hydrogen-bond acceptors (Lipinski definition) is 4. The first-order chi connectivity index (χ1) is 8.21. The molecule has 2 N–H and O–H groups in total. The van der Waals surface area contributed by atoms with Crippen molar-refractivity contribution in [3.63, 3.8) is 0 Å². The van der Waals surface area contributed by atoms with Crippen molar-refractivity contribution in [2.45, 2.75) is 52.7 Å². The highest BCUT2D eigenvalue weighted by molar-refractivity contribution is 5.85. The second-order valence-corrected chi connectivity index (χ2v) is 5.18. The van der Waals surface area contributed by atoms with Crippen LogP contribution in [0.1, 0.15) is 41.0 Å². The molecule has 0 aromatic heterocycles. The highest BCUT2D eigenvalue weighted by atomic mass is 16.6. The molecule has 0 heterocycles. The number of rotatable bonds is 5. The first-order valence-electron chi connectivity index (χ1n) is 6.03. The highest BCUT2D eigenvalue weighted by Crippen LogP contribution is 2.11. The molecule has 0 aliphatic rings. The Morgan fingerprint density at radius 2 is 1.83 bits per heavy atom. The Bertz CT molecular complexity index is 286. The minimum Gasteiger partial charge on any atom is -0.444 e. The van der Waals surface area contributed by atoms with Crippen LogP contribution in [0.15, 0.2) is 0 Å². The first kappa shape index (κ1) is 16.7. The van der Waals surface area contributed by atoms with E-state index in [2.05, 4.69) is 15.6 Å². The van der Waals surface area contributed by atoms with Crippen molar-refractivity contribution in [3.05, 3.63) is 0 Å². The minimum atomic E-state index is -0.676. The summed E-state index contributed by atoms with van der Waals surface area (Å²) in [6.45, 7) is 9.10. The maximum Gasteiger partial charge on any atom is 0.408 e. The van der Waals surface area contributed by atoms with Gasteiger partial charge in [-0.2, -0.15) is 0 Å². The van der Waals surface area contributed by atoms with Gasteiger partial charge in [0.05, 0.1) is 7.11 Å². The Morgan fingerprint density at radius 1 is 1.28 bits per heavy atom. The van der Waals surface area contributed by atoms with Crippen LogP contribution in [0.4, 0.5) is 4.79 Å². The summed E-state index contributed by atoms with van der Waals surface area (Å²) >= 11 is 0. The molecule has 0 aromatic rings. The highest BCUT2D eigenvalue weighted by Gasteiger charge is 2.28. The van der Waals surface area contributed by atoms with Crippen LogP contribution in [0.3, 0.4) is 0 Å². The maximum absolute atomic E-state index is 11.7. The summed E-state index contributed by atoms with van der Waals surface area (Å²) in [6.07, 6.45) is 0.136. The topological polar surface area (TPSA) is 76.7 Å². The Kier molecular flexibility index (Phi) is 6.68. The average Bonchev–Trinajstić information content (AvgIpc) is 2.22. The molecule has 18 heavy (non-hydrogen) atoms. The lowest BCUT2D eigenvalue weighted by Crippen LogP contribution is -2.51. The van der Waals surface area contributed by atoms with Gasteiger partial charge in [0.1, 0.15) is 11.6 Å². The van der Waals surface area contributed by atoms with Crippen molar-refractivity contribution >= 4 is 12.0 Å². The largest absolute Gasteiger partial charge is 0.444 e. The summed E-state index contributed by atoms with van der Waals surface area (Å²) in [5, 5.41) is 2.56. The van der Waals surface area contributed by atoms with Crippen molar-refractivity contribution in [2.24, 2.45) is 5.92 Å². The molecule has 0 radical (unpaired) electrons. The third-order valence-corrected chi connectivity index (χ3v) is 2.37. The lowest BCUT2D eigenvalue weighted by atomic mass is 9.99. The number of hydrogen-bond donors (Lipinski definition) is 2. The van der Waals surface area contributed by atoms with Gasteiger partial charge in [-0.15, -0.1) is 0 Å². The van der Waals surface area contributed by atoms with E-state index in [0.717, 1.165) is 6.42 Å². The molecule has 0 aliphatic carbocycles. The van der Waals surface area contributed by atoms with E-state index in [1.165, 1.54) is 7.11 Å². The van der Waals surface area contributed by atoms with Gasteiger partial charge in [0, 0.05) is 0 Å². The average molecular weight is 260 g/mol. The van der Waals surface area contributed by atoms with Crippen molar-refractivity contribution in [1.82, 2.24) is 10.8 Å². The molecule has 0 saturated heterocycles. The van der Waals surface area contributed by atoms with Crippen LogP contribution in [0.5, 0.6) is 0 Å². The molecule has 6 heteroatoms. The lowest BCUT2D eigenvalue weighted by molar-refractivity contribution is -0.134. The molecule has 0 aliphatic heterocycles. The number of alkyl carbamates (subject to hydrolysis) is 1. The molecule has 0 saturated carbocycles. The van der Waals surface area contributed by atoms with Gasteiger partial charge >= 0.3 is 6.09 Å². The first-order valence-corrected chi connectivity index (χ1v) is 6.03. The van der Waals surface area contributed by atoms with E-state index in [-0.39, 0.29) is 5.92 Å². The van der Waals surface area contributed by atoms with Gasteiger partial charge in [-0.3, -0.25) is 9.63 Å². The lowest BCUT2D eigenvalue weighted by Gasteiger charge is -2.25. The molecule has 0 aromatic carbocycles. The third kappa shape index (κ3) is 6.44. The van der Waals surface area contributed by atoms with E-state index in [1.807, 2.05) is 13.8 Å². The normalized spacial score (nSPS) is 14.6. The molecule has 0 fully saturated rings. The number of ether oxygens (including phenoxy) is 1. The van der Waals surface area contributed by atoms with Gasteiger partial charge in [-0.1, -0.05) is 20.3 Å². The van der Waals surface area contributed by atoms with Crippen LogP contribution >= 0.6 is 0 Å². The summed E-state index contributed by atoms with van der Waals surface area (Å²) in [4.78, 5) is 28.0. The van der Waals surface area contributed by atoms with E-state index in [1.54, 1.807) is 20.8 Å². The molecule has 106 valence electrons. The summed E-state index contributed by atoms with van der Waals surface area (Å²) in [6, 6.07) is -0.676. The SMILES string of the molecule is CCC(C)C(NC(=O)OC(C)(C)C)C(=O)NOC. The monoisotopic (exact) mass is 260 g/mol. The van der Waals surface area contributed by atoms with E-state index in [0.29, 0.717) is 0 Å². The third-order valence-electron chi connectivity index (χ3n) is 2.37. The van der Waals surface area contributed by atoms with Crippen LogP contribution in [-0.2, 0) is 14.4 Å². The Balaban J connectivity index is 4.59. The second kappa shape index (κ2) is 7.20. The van der Waals surface area contributed by atoms with Crippen LogP contribution in [0.2, 0.25) is 0 Å². The Labute approximate surface area is 108 Å². The fourth-order valence-electron chi connectivity index (χ4n) is 1.30. The molecule has 6 nitrogen and oxygen atoms in total. The molecule has 2 atom stereocenters. The summed E-state index contributed by atoms with van der Waals surface area (Å²) < 4.78 is 5.12. The van der Waals surface area contributed by atoms with Gasteiger partial charge in [0.25, 0.3) is 5.91 Å². The van der Waals surface area contributed by atoms with Crippen LogP contribution in [-0.4, -0.2) is 30.8 Å². The van der Waals surface area contributed by atoms with Gasteiger partial charge in [-0.05, 0) is 26.7 Å². The molecule has 0 spiro atoms. The zero-order valence-corrected chi connectivity index (χ0v) is 12.0. The van der Waals surface area contributed by atoms with E-state index >= 15 is 0 Å². The molecule has 0 rings (SSSR count). The number of carbonyl (C=O) groups is 2. The summed E-state index contributed by atoms with van der Waals surface area (Å²) in [7, 11) is 1.35. The van der Waals surface area contributed by atoms with Crippen molar-refractivity contribution < 1.29 is 19.2 Å². The minimum absolute atomic E-state index is 0.0207. The van der Waals surface area contributed by atoms with Gasteiger partial charge in [-0.25, -0.2) is 10.3 Å². The van der Waals surface area contributed by atoms with Crippen LogP contribution in [0, 0.1) is 5.92 Å². The quantitative estimate of drug-likeness (QED) is 0.736. The van der Waals surface area contributed by atoms with Crippen LogP contribution in [0.25, 0.3) is 0 Å². The number of amides is 2. The standard InChI is InChI=1S/C12H24N2O4/c1-7-8(2)9(10(15)14-17-6)13-11(16)18-12(3,4)5/h8-9H,7H2,1-6H3,(H,13,16)(H,14,15). The molecule has 2 amide bonds. The summed E-state index contributed by atoms with van der Waals surface area (Å²) in [5.41, 5.74) is 1.62. The number of carbonyl (C=O) groups excluding carboxylic acids is 2. The Morgan fingerprint density at radius 3 is 2.22 bits per heavy atom. The van der Waals surface area contributed by atoms with Crippen molar-refractivity contribution in [1.29, 1.82) is 0 Å². The zero-order chi connectivity index (χ0) is 14.3. The molecular formula is C12H24N2O4. The predicted molar refractivity (Wildman–Crippen MR) is 67.8 cm³/mol. The van der Waals surface area contributed by atoms with E-state index in [4.69, 9.17) is 4.74 Å². The van der Waals surface area contributed by atoms with Gasteiger partial charge < -0.3 is 10.1 Å². The zero-order valence-electron chi connectivity index (χ0n) is 12.0. The second-order valence-electron chi connectivity index (χ2n) is 5.18.